The number of furan rings is 1. The van der Waals surface area contributed by atoms with Gasteiger partial charge in [0.15, 0.2) is 4.67 Å². The second-order valence-electron chi connectivity index (χ2n) is 4.43. The smallest absolute Gasteiger partial charge is 0.178 e. The maximum absolute atomic E-state index is 8.81. The van der Waals surface area contributed by atoms with Crippen LogP contribution in [0.25, 0.3) is 22.1 Å². The summed E-state index contributed by atoms with van der Waals surface area (Å²) in [6.45, 7) is 0. The highest BCUT2D eigenvalue weighted by Gasteiger charge is 2.14. The highest BCUT2D eigenvalue weighted by atomic mass is 79.9. The van der Waals surface area contributed by atoms with Gasteiger partial charge in [-0.25, -0.2) is 0 Å². The Morgan fingerprint density at radius 2 is 2.05 bits per heavy atom. The van der Waals surface area contributed by atoms with Gasteiger partial charge < -0.3 is 4.42 Å². The lowest BCUT2D eigenvalue weighted by molar-refractivity contribution is 0.589. The van der Waals surface area contributed by atoms with E-state index in [-0.39, 0.29) is 0 Å². The first kappa shape index (κ1) is 13.2. The van der Waals surface area contributed by atoms with Crippen molar-refractivity contribution in [1.82, 2.24) is 0 Å². The van der Waals surface area contributed by atoms with E-state index in [4.69, 9.17) is 21.3 Å². The molecule has 0 fully saturated rings. The molecule has 0 atom stereocenters. The van der Waals surface area contributed by atoms with Gasteiger partial charge in [-0.05, 0) is 51.3 Å². The van der Waals surface area contributed by atoms with Gasteiger partial charge in [-0.3, -0.25) is 0 Å². The fourth-order valence-electron chi connectivity index (χ4n) is 2.24. The maximum Gasteiger partial charge on any atom is 0.178 e. The van der Waals surface area contributed by atoms with Gasteiger partial charge >= 0.3 is 0 Å². The van der Waals surface area contributed by atoms with Crippen molar-refractivity contribution in [2.75, 3.05) is 0 Å². The molecule has 2 nitrogen and oxygen atoms in total. The molecule has 0 bridgehead atoms. The Labute approximate surface area is 129 Å². The Bertz CT molecular complexity index is 832. The van der Waals surface area contributed by atoms with Crippen LogP contribution < -0.4 is 0 Å². The van der Waals surface area contributed by atoms with Crippen molar-refractivity contribution in [1.29, 1.82) is 5.26 Å². The van der Waals surface area contributed by atoms with Gasteiger partial charge in [-0.1, -0.05) is 29.8 Å². The Kier molecular flexibility index (Phi) is 3.52. The first-order valence-corrected chi connectivity index (χ1v) is 7.20. The summed E-state index contributed by atoms with van der Waals surface area (Å²) in [6.07, 6.45) is 0.391. The van der Waals surface area contributed by atoms with Gasteiger partial charge in [0.2, 0.25) is 0 Å². The van der Waals surface area contributed by atoms with Crippen molar-refractivity contribution in [2.24, 2.45) is 0 Å². The highest BCUT2D eigenvalue weighted by Crippen LogP contribution is 2.39. The SMILES string of the molecule is N#CCc1cccc(-c2c(Br)oc3ccc(Cl)cc23)c1. The van der Waals surface area contributed by atoms with Gasteiger partial charge in [0.05, 0.1) is 12.5 Å². The van der Waals surface area contributed by atoms with Crippen LogP contribution in [0.4, 0.5) is 0 Å². The van der Waals surface area contributed by atoms with Crippen LogP contribution >= 0.6 is 27.5 Å². The summed E-state index contributed by atoms with van der Waals surface area (Å²) >= 11 is 9.53. The Balaban J connectivity index is 2.23. The van der Waals surface area contributed by atoms with Crippen LogP contribution in [0.5, 0.6) is 0 Å². The molecule has 2 aromatic carbocycles. The Morgan fingerprint density at radius 3 is 2.85 bits per heavy atom. The number of fused-ring (bicyclic) bond motifs is 1. The maximum atomic E-state index is 8.81. The molecule has 1 aromatic heterocycles. The fraction of sp³-hybridized carbons (Fsp3) is 0.0625. The average Bonchev–Trinajstić information content (AvgIpc) is 2.75. The molecule has 0 saturated carbocycles. The quantitative estimate of drug-likeness (QED) is 0.607. The van der Waals surface area contributed by atoms with Crippen molar-refractivity contribution in [3.63, 3.8) is 0 Å². The molecule has 0 amide bonds. The molecule has 0 aliphatic rings. The number of nitriles is 1. The first-order chi connectivity index (χ1) is 9.69. The van der Waals surface area contributed by atoms with E-state index in [1.165, 1.54) is 0 Å². The van der Waals surface area contributed by atoms with Crippen LogP contribution in [0.2, 0.25) is 5.02 Å². The zero-order valence-electron chi connectivity index (χ0n) is 10.4. The molecule has 3 rings (SSSR count). The van der Waals surface area contributed by atoms with E-state index in [2.05, 4.69) is 22.0 Å². The number of halogens is 2. The summed E-state index contributed by atoms with van der Waals surface area (Å²) < 4.78 is 6.37. The Hall–Kier alpha value is -1.76. The summed E-state index contributed by atoms with van der Waals surface area (Å²) in [7, 11) is 0. The van der Waals surface area contributed by atoms with Crippen LogP contribution in [0.3, 0.4) is 0 Å². The van der Waals surface area contributed by atoms with Crippen molar-refractivity contribution in [3.8, 4) is 17.2 Å². The summed E-state index contributed by atoms with van der Waals surface area (Å²) in [6, 6.07) is 15.6. The van der Waals surface area contributed by atoms with Gasteiger partial charge in [0, 0.05) is 16.0 Å². The number of hydrogen-bond donors (Lipinski definition) is 0. The molecule has 0 saturated heterocycles. The number of benzene rings is 2. The predicted octanol–water partition coefficient (Wildman–Crippen LogP) is 5.58. The molecule has 0 spiro atoms. The summed E-state index contributed by atoms with van der Waals surface area (Å²) in [5, 5.41) is 10.4. The zero-order valence-corrected chi connectivity index (χ0v) is 12.7. The van der Waals surface area contributed by atoms with Crippen molar-refractivity contribution < 1.29 is 4.42 Å². The fourth-order valence-corrected chi connectivity index (χ4v) is 3.03. The minimum Gasteiger partial charge on any atom is -0.449 e. The van der Waals surface area contributed by atoms with Crippen molar-refractivity contribution >= 4 is 38.5 Å². The van der Waals surface area contributed by atoms with Crippen LogP contribution in [0.15, 0.2) is 51.6 Å². The van der Waals surface area contributed by atoms with E-state index in [1.807, 2.05) is 36.4 Å². The standard InChI is InChI=1S/C16H9BrClNO/c17-16-15(11-3-1-2-10(8-11)6-7-19)13-9-12(18)4-5-14(13)20-16/h1-5,8-9H,6H2. The molecular weight excluding hydrogens is 338 g/mol. The van der Waals surface area contributed by atoms with Crippen LogP contribution in [0.1, 0.15) is 5.56 Å². The predicted molar refractivity (Wildman–Crippen MR) is 83.7 cm³/mol. The third-order valence-corrected chi connectivity index (χ3v) is 3.90. The summed E-state index contributed by atoms with van der Waals surface area (Å²) in [5.74, 6) is 0. The Morgan fingerprint density at radius 1 is 1.20 bits per heavy atom. The number of rotatable bonds is 2. The molecular formula is C16H9BrClNO. The minimum absolute atomic E-state index is 0.391. The summed E-state index contributed by atoms with van der Waals surface area (Å²) in [4.78, 5) is 0. The van der Waals surface area contributed by atoms with E-state index >= 15 is 0 Å². The first-order valence-electron chi connectivity index (χ1n) is 6.03. The van der Waals surface area contributed by atoms with Gasteiger partial charge in [0.1, 0.15) is 5.58 Å². The molecule has 0 N–H and O–H groups in total. The van der Waals surface area contributed by atoms with E-state index in [0.29, 0.717) is 16.1 Å². The topological polar surface area (TPSA) is 36.9 Å². The molecule has 0 unspecified atom stereocenters. The van der Waals surface area contributed by atoms with E-state index in [0.717, 1.165) is 27.7 Å². The minimum atomic E-state index is 0.391. The molecule has 0 radical (unpaired) electrons. The third-order valence-electron chi connectivity index (χ3n) is 3.11. The zero-order chi connectivity index (χ0) is 14.1. The van der Waals surface area contributed by atoms with Gasteiger partial charge in [-0.2, -0.15) is 5.26 Å². The molecule has 3 aromatic rings. The molecule has 20 heavy (non-hydrogen) atoms. The lowest BCUT2D eigenvalue weighted by atomic mass is 10.0. The van der Waals surface area contributed by atoms with Crippen LogP contribution in [0, 0.1) is 11.3 Å². The second kappa shape index (κ2) is 5.32. The van der Waals surface area contributed by atoms with E-state index in [9.17, 15) is 0 Å². The third kappa shape index (κ3) is 2.33. The van der Waals surface area contributed by atoms with E-state index < -0.39 is 0 Å². The number of hydrogen-bond acceptors (Lipinski definition) is 2. The van der Waals surface area contributed by atoms with E-state index in [1.54, 1.807) is 6.07 Å². The monoisotopic (exact) mass is 345 g/mol. The lowest BCUT2D eigenvalue weighted by Crippen LogP contribution is -1.83. The normalized spacial score (nSPS) is 10.7. The van der Waals surface area contributed by atoms with Crippen LogP contribution in [-0.4, -0.2) is 0 Å². The number of nitrogens with zero attached hydrogens (tertiary/aromatic N) is 1. The average molecular weight is 347 g/mol. The van der Waals surface area contributed by atoms with Gasteiger partial charge in [-0.15, -0.1) is 0 Å². The highest BCUT2D eigenvalue weighted by molar-refractivity contribution is 9.10. The molecule has 4 heteroatoms. The van der Waals surface area contributed by atoms with Crippen molar-refractivity contribution in [2.45, 2.75) is 6.42 Å². The molecule has 0 aliphatic carbocycles. The second-order valence-corrected chi connectivity index (χ2v) is 5.58. The summed E-state index contributed by atoms with van der Waals surface area (Å²) in [5.41, 5.74) is 3.73. The lowest BCUT2D eigenvalue weighted by Gasteiger charge is -2.02. The largest absolute Gasteiger partial charge is 0.449 e. The van der Waals surface area contributed by atoms with Crippen molar-refractivity contribution in [3.05, 3.63) is 57.7 Å². The molecule has 1 heterocycles. The molecule has 98 valence electrons. The van der Waals surface area contributed by atoms with Crippen LogP contribution in [-0.2, 0) is 6.42 Å². The van der Waals surface area contributed by atoms with Gasteiger partial charge in [0.25, 0.3) is 0 Å². The molecule has 0 aliphatic heterocycles.